The maximum Gasteiger partial charge on any atom is 0.224 e. The van der Waals surface area contributed by atoms with Gasteiger partial charge in [0.1, 0.15) is 0 Å². The van der Waals surface area contributed by atoms with E-state index in [1.165, 1.54) is 0 Å². The third-order valence-electron chi connectivity index (χ3n) is 4.94. The molecular formula is C18H27N3O3. The molecule has 2 aliphatic heterocycles. The molecule has 0 aromatic carbocycles. The van der Waals surface area contributed by atoms with Crippen molar-refractivity contribution in [2.75, 3.05) is 40.0 Å². The Balaban J connectivity index is 1.65. The summed E-state index contributed by atoms with van der Waals surface area (Å²) in [6.07, 6.45) is 1.13. The number of amides is 1. The maximum absolute atomic E-state index is 12.6. The normalized spacial score (nSPS) is 27.0. The molecule has 0 spiro atoms. The van der Waals surface area contributed by atoms with Crippen LogP contribution in [0.4, 0.5) is 0 Å². The van der Waals surface area contributed by atoms with Crippen LogP contribution in [0.5, 0.6) is 0 Å². The van der Waals surface area contributed by atoms with Crippen molar-refractivity contribution in [3.05, 3.63) is 29.6 Å². The highest BCUT2D eigenvalue weighted by molar-refractivity contribution is 5.79. The van der Waals surface area contributed by atoms with Crippen LogP contribution in [0.2, 0.25) is 0 Å². The lowest BCUT2D eigenvalue weighted by Gasteiger charge is -2.39. The Morgan fingerprint density at radius 3 is 3.12 bits per heavy atom. The van der Waals surface area contributed by atoms with Crippen LogP contribution in [-0.4, -0.2) is 61.9 Å². The lowest BCUT2D eigenvalue weighted by atomic mass is 9.82. The summed E-state index contributed by atoms with van der Waals surface area (Å²) < 4.78 is 10.9. The van der Waals surface area contributed by atoms with Gasteiger partial charge in [0.25, 0.3) is 0 Å². The zero-order chi connectivity index (χ0) is 16.9. The summed E-state index contributed by atoms with van der Waals surface area (Å²) in [7, 11) is 1.64. The van der Waals surface area contributed by atoms with Gasteiger partial charge in [-0.2, -0.15) is 0 Å². The second-order valence-electron chi connectivity index (χ2n) is 6.72. The Morgan fingerprint density at radius 2 is 2.33 bits per heavy atom. The van der Waals surface area contributed by atoms with Crippen molar-refractivity contribution in [2.45, 2.75) is 26.0 Å². The SMILES string of the molecule is COCCNC(=O)[C@@H]1CN(Cc2cccc(C)n2)C[C@H]2OCC[C@H]21. The van der Waals surface area contributed by atoms with Crippen LogP contribution < -0.4 is 5.32 Å². The molecule has 0 bridgehead atoms. The number of nitrogens with one attached hydrogen (secondary N) is 1. The number of pyridine rings is 1. The van der Waals surface area contributed by atoms with Gasteiger partial charge in [-0.1, -0.05) is 6.07 Å². The highest BCUT2D eigenvalue weighted by Gasteiger charge is 2.43. The summed E-state index contributed by atoms with van der Waals surface area (Å²) in [5.41, 5.74) is 2.07. The predicted octanol–water partition coefficient (Wildman–Crippen LogP) is 0.990. The van der Waals surface area contributed by atoms with E-state index in [2.05, 4.69) is 15.2 Å². The first-order valence-corrected chi connectivity index (χ1v) is 8.70. The molecule has 2 fully saturated rings. The number of aromatic nitrogens is 1. The number of hydrogen-bond donors (Lipinski definition) is 1. The fourth-order valence-electron chi connectivity index (χ4n) is 3.79. The van der Waals surface area contributed by atoms with E-state index in [0.29, 0.717) is 19.1 Å². The Morgan fingerprint density at radius 1 is 1.46 bits per heavy atom. The van der Waals surface area contributed by atoms with Gasteiger partial charge in [0.15, 0.2) is 0 Å². The molecule has 0 aliphatic carbocycles. The summed E-state index contributed by atoms with van der Waals surface area (Å²) in [5.74, 6) is 0.427. The zero-order valence-electron chi connectivity index (χ0n) is 14.5. The number of hydrogen-bond acceptors (Lipinski definition) is 5. The first-order chi connectivity index (χ1) is 11.7. The van der Waals surface area contributed by atoms with E-state index >= 15 is 0 Å². The fourth-order valence-corrected chi connectivity index (χ4v) is 3.79. The molecular weight excluding hydrogens is 306 g/mol. The maximum atomic E-state index is 12.6. The van der Waals surface area contributed by atoms with Gasteiger partial charge in [-0.3, -0.25) is 14.7 Å². The molecule has 0 saturated carbocycles. The van der Waals surface area contributed by atoms with E-state index in [1.807, 2.05) is 25.1 Å². The smallest absolute Gasteiger partial charge is 0.224 e. The Labute approximate surface area is 143 Å². The van der Waals surface area contributed by atoms with Gasteiger partial charge in [0, 0.05) is 51.5 Å². The molecule has 0 radical (unpaired) electrons. The molecule has 2 aliphatic rings. The summed E-state index contributed by atoms with van der Waals surface area (Å²) in [6, 6.07) is 6.08. The third-order valence-corrected chi connectivity index (χ3v) is 4.94. The van der Waals surface area contributed by atoms with Crippen LogP contribution in [-0.2, 0) is 20.8 Å². The minimum atomic E-state index is -0.0204. The van der Waals surface area contributed by atoms with Crippen LogP contribution in [0.25, 0.3) is 0 Å². The standard InChI is InChI=1S/C18H27N3O3/c1-13-4-3-5-14(20-13)10-21-11-16(18(22)19-7-9-23-2)15-6-8-24-17(15)12-21/h3-5,15-17H,6-12H2,1-2H3,(H,19,22)/t15-,16+,17+/m0/s1. The molecule has 3 atom stereocenters. The predicted molar refractivity (Wildman–Crippen MR) is 90.5 cm³/mol. The van der Waals surface area contributed by atoms with Crippen molar-refractivity contribution in [1.29, 1.82) is 0 Å². The first kappa shape index (κ1) is 17.3. The summed E-state index contributed by atoms with van der Waals surface area (Å²) in [4.78, 5) is 19.5. The van der Waals surface area contributed by atoms with Gasteiger partial charge in [0.05, 0.1) is 24.3 Å². The molecule has 1 N–H and O–H groups in total. The molecule has 1 amide bonds. The van der Waals surface area contributed by atoms with Gasteiger partial charge in [0.2, 0.25) is 5.91 Å². The molecule has 1 aromatic rings. The molecule has 3 heterocycles. The van der Waals surface area contributed by atoms with E-state index in [0.717, 1.165) is 44.0 Å². The van der Waals surface area contributed by atoms with Crippen molar-refractivity contribution in [1.82, 2.24) is 15.2 Å². The molecule has 1 aromatic heterocycles. The van der Waals surface area contributed by atoms with Crippen molar-refractivity contribution >= 4 is 5.91 Å². The molecule has 3 rings (SSSR count). The topological polar surface area (TPSA) is 63.7 Å². The first-order valence-electron chi connectivity index (χ1n) is 8.70. The monoisotopic (exact) mass is 333 g/mol. The third kappa shape index (κ3) is 4.12. The van der Waals surface area contributed by atoms with Crippen LogP contribution in [0.1, 0.15) is 17.8 Å². The number of aryl methyl sites for hydroxylation is 1. The number of nitrogens with zero attached hydrogens (tertiary/aromatic N) is 2. The van der Waals surface area contributed by atoms with Gasteiger partial charge < -0.3 is 14.8 Å². The van der Waals surface area contributed by atoms with Crippen molar-refractivity contribution in [3.63, 3.8) is 0 Å². The summed E-state index contributed by atoms with van der Waals surface area (Å²) in [6.45, 7) is 6.26. The number of ether oxygens (including phenoxy) is 2. The Hall–Kier alpha value is -1.50. The van der Waals surface area contributed by atoms with Crippen LogP contribution in [0.3, 0.4) is 0 Å². The lowest BCUT2D eigenvalue weighted by Crippen LogP contribution is -2.52. The number of rotatable bonds is 6. The van der Waals surface area contributed by atoms with Gasteiger partial charge >= 0.3 is 0 Å². The van der Waals surface area contributed by atoms with E-state index in [-0.39, 0.29) is 17.9 Å². The van der Waals surface area contributed by atoms with Crippen molar-refractivity contribution in [3.8, 4) is 0 Å². The van der Waals surface area contributed by atoms with Crippen molar-refractivity contribution in [2.24, 2.45) is 11.8 Å². The average molecular weight is 333 g/mol. The minimum absolute atomic E-state index is 0.0204. The number of carbonyl (C=O) groups is 1. The quantitative estimate of drug-likeness (QED) is 0.787. The summed E-state index contributed by atoms with van der Waals surface area (Å²) >= 11 is 0. The van der Waals surface area contributed by atoms with E-state index in [1.54, 1.807) is 7.11 Å². The highest BCUT2D eigenvalue weighted by Crippen LogP contribution is 2.34. The van der Waals surface area contributed by atoms with Crippen LogP contribution in [0.15, 0.2) is 18.2 Å². The van der Waals surface area contributed by atoms with Gasteiger partial charge in [-0.05, 0) is 25.5 Å². The van der Waals surface area contributed by atoms with E-state index < -0.39 is 0 Å². The van der Waals surface area contributed by atoms with E-state index in [9.17, 15) is 4.79 Å². The number of piperidine rings is 1. The second kappa shape index (κ2) is 8.05. The molecule has 2 saturated heterocycles. The van der Waals surface area contributed by atoms with E-state index in [4.69, 9.17) is 9.47 Å². The average Bonchev–Trinajstić information content (AvgIpc) is 3.02. The van der Waals surface area contributed by atoms with Gasteiger partial charge in [-0.15, -0.1) is 0 Å². The molecule has 132 valence electrons. The molecule has 24 heavy (non-hydrogen) atoms. The Kier molecular flexibility index (Phi) is 5.81. The molecule has 6 nitrogen and oxygen atoms in total. The van der Waals surface area contributed by atoms with Gasteiger partial charge in [-0.25, -0.2) is 0 Å². The summed E-state index contributed by atoms with van der Waals surface area (Å²) in [5, 5.41) is 3.00. The number of fused-ring (bicyclic) bond motifs is 1. The second-order valence-corrected chi connectivity index (χ2v) is 6.72. The highest BCUT2D eigenvalue weighted by atomic mass is 16.5. The molecule has 6 heteroatoms. The number of likely N-dealkylation sites (tertiary alicyclic amines) is 1. The fraction of sp³-hybridized carbons (Fsp3) is 0.667. The lowest BCUT2D eigenvalue weighted by molar-refractivity contribution is -0.131. The van der Waals surface area contributed by atoms with Crippen LogP contribution >= 0.6 is 0 Å². The minimum Gasteiger partial charge on any atom is -0.383 e. The largest absolute Gasteiger partial charge is 0.383 e. The van der Waals surface area contributed by atoms with Crippen molar-refractivity contribution < 1.29 is 14.3 Å². The number of methoxy groups -OCH3 is 1. The molecule has 0 unspecified atom stereocenters. The zero-order valence-corrected chi connectivity index (χ0v) is 14.5. The van der Waals surface area contributed by atoms with Crippen LogP contribution in [0, 0.1) is 18.8 Å². The Bertz CT molecular complexity index is 566. The number of carbonyl (C=O) groups excluding carboxylic acids is 1.